The van der Waals surface area contributed by atoms with E-state index in [1.54, 1.807) is 18.9 Å². The second-order valence-electron chi connectivity index (χ2n) is 6.31. The van der Waals surface area contributed by atoms with Gasteiger partial charge in [0.25, 0.3) is 5.91 Å². The molecule has 0 bridgehead atoms. The van der Waals surface area contributed by atoms with E-state index in [0.717, 1.165) is 12.1 Å². The van der Waals surface area contributed by atoms with Crippen molar-refractivity contribution >= 4 is 11.9 Å². The zero-order chi connectivity index (χ0) is 18.9. The fourth-order valence-corrected chi connectivity index (χ4v) is 3.03. The van der Waals surface area contributed by atoms with Crippen LogP contribution >= 0.6 is 0 Å². The van der Waals surface area contributed by atoms with Crippen molar-refractivity contribution in [2.24, 2.45) is 0 Å². The standard InChI is InChI=1S/C17H19F3N4O2/c1-11-21-22-16(26-11)24-9-7-14(8-10-24)23(2)15(25)12-3-5-13(6-4-12)17(18,19)20/h3-6,14H,7-10H2,1-2H3. The predicted octanol–water partition coefficient (Wildman–Crippen LogP) is 3.14. The average Bonchev–Trinajstić information content (AvgIpc) is 3.06. The van der Waals surface area contributed by atoms with Gasteiger partial charge in [-0.3, -0.25) is 4.79 Å². The average molecular weight is 368 g/mol. The van der Waals surface area contributed by atoms with Crippen LogP contribution in [0, 0.1) is 6.92 Å². The van der Waals surface area contributed by atoms with Gasteiger partial charge in [0.15, 0.2) is 0 Å². The van der Waals surface area contributed by atoms with Gasteiger partial charge in [-0.25, -0.2) is 0 Å². The number of carbonyl (C=O) groups is 1. The molecule has 1 aliphatic heterocycles. The Kier molecular flexibility index (Phi) is 4.88. The number of hydrogen-bond acceptors (Lipinski definition) is 5. The number of piperidine rings is 1. The van der Waals surface area contributed by atoms with E-state index < -0.39 is 11.7 Å². The molecule has 2 heterocycles. The summed E-state index contributed by atoms with van der Waals surface area (Å²) in [6.07, 6.45) is -2.98. The predicted molar refractivity (Wildman–Crippen MR) is 87.8 cm³/mol. The molecule has 0 spiro atoms. The molecule has 0 atom stereocenters. The van der Waals surface area contributed by atoms with Crippen LogP contribution in [0.3, 0.4) is 0 Å². The van der Waals surface area contributed by atoms with Crippen LogP contribution in [0.25, 0.3) is 0 Å². The Balaban J connectivity index is 1.61. The van der Waals surface area contributed by atoms with Gasteiger partial charge in [-0.15, -0.1) is 5.10 Å². The maximum absolute atomic E-state index is 12.6. The van der Waals surface area contributed by atoms with Gasteiger partial charge in [-0.1, -0.05) is 5.10 Å². The van der Waals surface area contributed by atoms with Crippen LogP contribution in [0.1, 0.15) is 34.7 Å². The van der Waals surface area contributed by atoms with Crippen LogP contribution in [0.4, 0.5) is 19.2 Å². The number of amides is 1. The number of aromatic nitrogens is 2. The Morgan fingerprint density at radius 2 is 1.81 bits per heavy atom. The number of benzene rings is 1. The summed E-state index contributed by atoms with van der Waals surface area (Å²) in [5.41, 5.74) is -0.518. The van der Waals surface area contributed by atoms with Gasteiger partial charge >= 0.3 is 12.2 Å². The highest BCUT2D eigenvalue weighted by Gasteiger charge is 2.31. The highest BCUT2D eigenvalue weighted by Crippen LogP contribution is 2.29. The van der Waals surface area contributed by atoms with Crippen molar-refractivity contribution in [3.8, 4) is 0 Å². The minimum absolute atomic E-state index is 0.00469. The van der Waals surface area contributed by atoms with E-state index in [9.17, 15) is 18.0 Å². The fraction of sp³-hybridized carbons (Fsp3) is 0.471. The molecular formula is C17H19F3N4O2. The second-order valence-corrected chi connectivity index (χ2v) is 6.31. The van der Waals surface area contributed by atoms with E-state index in [1.807, 2.05) is 4.90 Å². The number of carbonyl (C=O) groups excluding carboxylic acids is 1. The number of rotatable bonds is 3. The molecule has 26 heavy (non-hydrogen) atoms. The molecule has 1 fully saturated rings. The lowest BCUT2D eigenvalue weighted by molar-refractivity contribution is -0.137. The quantitative estimate of drug-likeness (QED) is 0.833. The summed E-state index contributed by atoms with van der Waals surface area (Å²) >= 11 is 0. The van der Waals surface area contributed by atoms with E-state index in [2.05, 4.69) is 10.2 Å². The van der Waals surface area contributed by atoms with E-state index in [-0.39, 0.29) is 17.5 Å². The summed E-state index contributed by atoms with van der Waals surface area (Å²) < 4.78 is 43.3. The molecule has 0 radical (unpaired) electrons. The second kappa shape index (κ2) is 6.97. The zero-order valence-corrected chi connectivity index (χ0v) is 14.5. The first-order valence-corrected chi connectivity index (χ1v) is 8.25. The fourth-order valence-electron chi connectivity index (χ4n) is 3.03. The molecule has 0 N–H and O–H groups in total. The van der Waals surface area contributed by atoms with Crippen LogP contribution in [0.15, 0.2) is 28.7 Å². The summed E-state index contributed by atoms with van der Waals surface area (Å²) in [6.45, 7) is 3.05. The minimum atomic E-state index is -4.41. The Hall–Kier alpha value is -2.58. The molecule has 1 aromatic heterocycles. The summed E-state index contributed by atoms with van der Waals surface area (Å²) in [7, 11) is 1.68. The molecule has 3 rings (SSSR count). The van der Waals surface area contributed by atoms with Crippen molar-refractivity contribution in [2.75, 3.05) is 25.0 Å². The summed E-state index contributed by atoms with van der Waals surface area (Å²) in [4.78, 5) is 16.1. The largest absolute Gasteiger partial charge is 0.416 e. The van der Waals surface area contributed by atoms with Crippen LogP contribution < -0.4 is 4.90 Å². The maximum Gasteiger partial charge on any atom is 0.416 e. The van der Waals surface area contributed by atoms with Crippen LogP contribution in [-0.2, 0) is 6.18 Å². The van der Waals surface area contributed by atoms with Gasteiger partial charge in [-0.2, -0.15) is 13.2 Å². The molecule has 1 aromatic carbocycles. The van der Waals surface area contributed by atoms with E-state index in [1.165, 1.54) is 12.1 Å². The summed E-state index contributed by atoms with van der Waals surface area (Å²) in [5.74, 6) is 0.211. The van der Waals surface area contributed by atoms with E-state index in [4.69, 9.17) is 4.42 Å². The summed E-state index contributed by atoms with van der Waals surface area (Å²) in [5, 5.41) is 7.79. The van der Waals surface area contributed by atoms with E-state index >= 15 is 0 Å². The highest BCUT2D eigenvalue weighted by atomic mass is 19.4. The SMILES string of the molecule is Cc1nnc(N2CCC(N(C)C(=O)c3ccc(C(F)(F)F)cc3)CC2)o1. The van der Waals surface area contributed by atoms with Gasteiger partial charge in [0.2, 0.25) is 5.89 Å². The molecule has 2 aromatic rings. The molecule has 9 heteroatoms. The lowest BCUT2D eigenvalue weighted by Crippen LogP contribution is -2.45. The van der Waals surface area contributed by atoms with Gasteiger partial charge in [0.05, 0.1) is 5.56 Å². The van der Waals surface area contributed by atoms with Gasteiger partial charge < -0.3 is 14.2 Å². The van der Waals surface area contributed by atoms with Gasteiger partial charge in [-0.05, 0) is 37.1 Å². The Morgan fingerprint density at radius 1 is 1.19 bits per heavy atom. The molecule has 1 amide bonds. The number of hydrogen-bond donors (Lipinski definition) is 0. The van der Waals surface area contributed by atoms with Crippen molar-refractivity contribution in [2.45, 2.75) is 32.0 Å². The molecule has 1 saturated heterocycles. The van der Waals surface area contributed by atoms with Crippen LogP contribution in [0.5, 0.6) is 0 Å². The molecular weight excluding hydrogens is 349 g/mol. The zero-order valence-electron chi connectivity index (χ0n) is 14.5. The maximum atomic E-state index is 12.6. The third kappa shape index (κ3) is 3.81. The Labute approximate surface area is 148 Å². The molecule has 0 aliphatic carbocycles. The number of nitrogens with zero attached hydrogens (tertiary/aromatic N) is 4. The van der Waals surface area contributed by atoms with Crippen LogP contribution in [0.2, 0.25) is 0 Å². The topological polar surface area (TPSA) is 62.5 Å². The Morgan fingerprint density at radius 3 is 2.31 bits per heavy atom. The third-order valence-corrected chi connectivity index (χ3v) is 4.58. The Bertz CT molecular complexity index is 765. The lowest BCUT2D eigenvalue weighted by Gasteiger charge is -2.36. The van der Waals surface area contributed by atoms with E-state index in [0.29, 0.717) is 37.8 Å². The first-order valence-electron chi connectivity index (χ1n) is 8.25. The van der Waals surface area contributed by atoms with Crippen molar-refractivity contribution in [1.82, 2.24) is 15.1 Å². The molecule has 0 unspecified atom stereocenters. The smallest absolute Gasteiger partial charge is 0.408 e. The monoisotopic (exact) mass is 368 g/mol. The third-order valence-electron chi connectivity index (χ3n) is 4.58. The lowest BCUT2D eigenvalue weighted by atomic mass is 10.0. The molecule has 140 valence electrons. The number of aryl methyl sites for hydroxylation is 1. The van der Waals surface area contributed by atoms with Gasteiger partial charge in [0.1, 0.15) is 0 Å². The van der Waals surface area contributed by atoms with Crippen molar-refractivity contribution < 1.29 is 22.4 Å². The first kappa shape index (κ1) is 18.2. The van der Waals surface area contributed by atoms with Crippen molar-refractivity contribution in [3.63, 3.8) is 0 Å². The normalized spacial score (nSPS) is 16.0. The van der Waals surface area contributed by atoms with Crippen molar-refractivity contribution in [3.05, 3.63) is 41.3 Å². The molecule has 6 nitrogen and oxygen atoms in total. The molecule has 0 saturated carbocycles. The summed E-state index contributed by atoms with van der Waals surface area (Å²) in [6, 6.07) is 4.78. The number of halogens is 3. The number of anilines is 1. The highest BCUT2D eigenvalue weighted by molar-refractivity contribution is 5.94. The van der Waals surface area contributed by atoms with Crippen molar-refractivity contribution in [1.29, 1.82) is 0 Å². The number of alkyl halides is 3. The minimum Gasteiger partial charge on any atom is -0.408 e. The van der Waals surface area contributed by atoms with Crippen LogP contribution in [-0.4, -0.2) is 47.2 Å². The van der Waals surface area contributed by atoms with Gasteiger partial charge in [0, 0.05) is 38.7 Å². The first-order chi connectivity index (χ1) is 12.3. The molecule has 1 aliphatic rings.